The Labute approximate surface area is 112 Å². The van der Waals surface area contributed by atoms with Gasteiger partial charge in [0.25, 0.3) is 5.91 Å². The summed E-state index contributed by atoms with van der Waals surface area (Å²) in [5.41, 5.74) is 3.18. The molecule has 3 heterocycles. The molecule has 0 atom stereocenters. The van der Waals surface area contributed by atoms with Crippen LogP contribution in [0.5, 0.6) is 0 Å². The second-order valence-electron chi connectivity index (χ2n) is 5.66. The maximum atomic E-state index is 12.4. The number of hydrogen-bond donors (Lipinski definition) is 1. The number of nitrogens with zero attached hydrogens (tertiary/aromatic N) is 2. The first-order valence-corrected chi connectivity index (χ1v) is 6.90. The molecule has 5 nitrogen and oxygen atoms in total. The zero-order valence-electron chi connectivity index (χ0n) is 10.8. The molecule has 1 spiro atoms. The van der Waals surface area contributed by atoms with E-state index in [2.05, 4.69) is 10.3 Å². The molecular weight excluding hydrogens is 242 g/mol. The second-order valence-corrected chi connectivity index (χ2v) is 5.66. The standard InChI is InChI=1S/C14H17N3O2/c18-13(17-3-5-19-6-4-17)10-7-11-12(15-8-10)14(1-2-14)9-16-11/h7-8,16H,1-6,9H2. The van der Waals surface area contributed by atoms with Crippen molar-refractivity contribution >= 4 is 11.6 Å². The van der Waals surface area contributed by atoms with Crippen LogP contribution in [0.3, 0.4) is 0 Å². The van der Waals surface area contributed by atoms with E-state index in [1.54, 1.807) is 6.20 Å². The van der Waals surface area contributed by atoms with Gasteiger partial charge in [0, 0.05) is 31.2 Å². The normalized spacial score (nSPS) is 23.1. The molecule has 2 aliphatic heterocycles. The Morgan fingerprint density at radius 2 is 2.16 bits per heavy atom. The third-order valence-corrected chi connectivity index (χ3v) is 4.41. The number of anilines is 1. The van der Waals surface area contributed by atoms with E-state index in [0.717, 1.165) is 17.9 Å². The molecule has 0 aromatic carbocycles. The molecule has 0 bridgehead atoms. The number of morpholine rings is 1. The second kappa shape index (κ2) is 3.93. The Bertz CT molecular complexity index is 533. The molecule has 1 aromatic heterocycles. The number of ether oxygens (including phenoxy) is 1. The molecule has 1 aliphatic carbocycles. The van der Waals surface area contributed by atoms with Gasteiger partial charge in [-0.15, -0.1) is 0 Å². The van der Waals surface area contributed by atoms with Crippen molar-refractivity contribution in [3.05, 3.63) is 23.5 Å². The molecular formula is C14H17N3O2. The van der Waals surface area contributed by atoms with Crippen LogP contribution < -0.4 is 5.32 Å². The molecule has 5 heteroatoms. The van der Waals surface area contributed by atoms with Gasteiger partial charge in [0.05, 0.1) is 30.2 Å². The van der Waals surface area contributed by atoms with Gasteiger partial charge < -0.3 is 15.0 Å². The summed E-state index contributed by atoms with van der Waals surface area (Å²) in [6.45, 7) is 3.59. The van der Waals surface area contributed by atoms with Crippen molar-refractivity contribution in [2.75, 3.05) is 38.2 Å². The fourth-order valence-corrected chi connectivity index (χ4v) is 3.00. The quantitative estimate of drug-likeness (QED) is 0.818. The lowest BCUT2D eigenvalue weighted by molar-refractivity contribution is 0.0302. The van der Waals surface area contributed by atoms with Gasteiger partial charge in [-0.05, 0) is 18.9 Å². The molecule has 100 valence electrons. The lowest BCUT2D eigenvalue weighted by atomic mass is 10.0. The summed E-state index contributed by atoms with van der Waals surface area (Å²) >= 11 is 0. The van der Waals surface area contributed by atoms with E-state index in [4.69, 9.17) is 4.74 Å². The minimum Gasteiger partial charge on any atom is -0.383 e. The van der Waals surface area contributed by atoms with E-state index in [1.807, 2.05) is 11.0 Å². The lowest BCUT2D eigenvalue weighted by Crippen LogP contribution is -2.40. The van der Waals surface area contributed by atoms with E-state index < -0.39 is 0 Å². The van der Waals surface area contributed by atoms with Crippen LogP contribution in [0.4, 0.5) is 5.69 Å². The van der Waals surface area contributed by atoms with Crippen LogP contribution in [0.1, 0.15) is 28.9 Å². The van der Waals surface area contributed by atoms with E-state index >= 15 is 0 Å². The summed E-state index contributed by atoms with van der Waals surface area (Å²) in [4.78, 5) is 18.8. The number of nitrogens with one attached hydrogen (secondary N) is 1. The van der Waals surface area contributed by atoms with Crippen LogP contribution in [0.2, 0.25) is 0 Å². The Hall–Kier alpha value is -1.62. The largest absolute Gasteiger partial charge is 0.383 e. The SMILES string of the molecule is O=C(c1cnc2c(c1)NCC21CC1)N1CCOCC1. The maximum Gasteiger partial charge on any atom is 0.255 e. The summed E-state index contributed by atoms with van der Waals surface area (Å²) in [6.07, 6.45) is 4.18. The fourth-order valence-electron chi connectivity index (χ4n) is 3.00. The molecule has 3 aliphatic rings. The number of carbonyl (C=O) groups is 1. The first-order chi connectivity index (χ1) is 9.28. The highest BCUT2D eigenvalue weighted by molar-refractivity contribution is 5.95. The number of amides is 1. The van der Waals surface area contributed by atoms with E-state index in [0.29, 0.717) is 31.9 Å². The molecule has 0 unspecified atom stereocenters. The molecule has 1 N–H and O–H groups in total. The lowest BCUT2D eigenvalue weighted by Gasteiger charge is -2.26. The van der Waals surface area contributed by atoms with Crippen LogP contribution in [0.25, 0.3) is 0 Å². The number of pyridine rings is 1. The molecule has 1 saturated heterocycles. The maximum absolute atomic E-state index is 12.4. The van der Waals surface area contributed by atoms with Gasteiger partial charge in [0.2, 0.25) is 0 Å². The summed E-state index contributed by atoms with van der Waals surface area (Å²) in [7, 11) is 0. The first-order valence-electron chi connectivity index (χ1n) is 6.90. The highest BCUT2D eigenvalue weighted by atomic mass is 16.5. The van der Waals surface area contributed by atoms with Gasteiger partial charge in [-0.1, -0.05) is 0 Å². The zero-order chi connectivity index (χ0) is 12.9. The Morgan fingerprint density at radius 3 is 2.89 bits per heavy atom. The minimum atomic E-state index is 0.0668. The Balaban J connectivity index is 1.60. The summed E-state index contributed by atoms with van der Waals surface area (Å²) in [6, 6.07) is 1.97. The average molecular weight is 259 g/mol. The number of aromatic nitrogens is 1. The van der Waals surface area contributed by atoms with Gasteiger partial charge in [-0.25, -0.2) is 0 Å². The molecule has 1 aromatic rings. The van der Waals surface area contributed by atoms with Crippen molar-refractivity contribution in [2.24, 2.45) is 0 Å². The van der Waals surface area contributed by atoms with Crippen LogP contribution in [-0.2, 0) is 10.2 Å². The average Bonchev–Trinajstić information content (AvgIpc) is 3.17. The highest BCUT2D eigenvalue weighted by Gasteiger charge is 2.50. The molecule has 19 heavy (non-hydrogen) atoms. The number of fused-ring (bicyclic) bond motifs is 2. The van der Waals surface area contributed by atoms with Crippen LogP contribution in [0, 0.1) is 0 Å². The highest BCUT2D eigenvalue weighted by Crippen LogP contribution is 2.53. The van der Waals surface area contributed by atoms with Gasteiger partial charge in [0.15, 0.2) is 0 Å². The summed E-state index contributed by atoms with van der Waals surface area (Å²) < 4.78 is 5.27. The monoisotopic (exact) mass is 259 g/mol. The molecule has 0 radical (unpaired) electrons. The van der Waals surface area contributed by atoms with Crippen molar-refractivity contribution in [2.45, 2.75) is 18.3 Å². The number of hydrogen-bond acceptors (Lipinski definition) is 4. The minimum absolute atomic E-state index is 0.0668. The van der Waals surface area contributed by atoms with E-state index in [1.165, 1.54) is 12.8 Å². The Kier molecular flexibility index (Phi) is 2.33. The predicted molar refractivity (Wildman–Crippen MR) is 70.4 cm³/mol. The topological polar surface area (TPSA) is 54.5 Å². The predicted octanol–water partition coefficient (Wildman–Crippen LogP) is 1.01. The van der Waals surface area contributed by atoms with Crippen molar-refractivity contribution in [3.8, 4) is 0 Å². The van der Waals surface area contributed by atoms with Gasteiger partial charge in [-0.2, -0.15) is 0 Å². The van der Waals surface area contributed by atoms with Gasteiger partial charge in [0.1, 0.15) is 0 Å². The third kappa shape index (κ3) is 1.72. The van der Waals surface area contributed by atoms with Crippen molar-refractivity contribution in [3.63, 3.8) is 0 Å². The van der Waals surface area contributed by atoms with E-state index in [9.17, 15) is 4.79 Å². The van der Waals surface area contributed by atoms with Crippen LogP contribution >= 0.6 is 0 Å². The number of rotatable bonds is 1. The summed E-state index contributed by atoms with van der Waals surface area (Å²) in [5, 5.41) is 3.39. The smallest absolute Gasteiger partial charge is 0.255 e. The summed E-state index contributed by atoms with van der Waals surface area (Å²) in [5.74, 6) is 0.0668. The Morgan fingerprint density at radius 1 is 1.37 bits per heavy atom. The zero-order valence-corrected chi connectivity index (χ0v) is 10.8. The first kappa shape index (κ1) is 11.2. The molecule has 2 fully saturated rings. The van der Waals surface area contributed by atoms with Crippen molar-refractivity contribution in [1.29, 1.82) is 0 Å². The molecule has 1 amide bonds. The van der Waals surface area contributed by atoms with Crippen molar-refractivity contribution in [1.82, 2.24) is 9.88 Å². The van der Waals surface area contributed by atoms with E-state index in [-0.39, 0.29) is 11.3 Å². The molecule has 4 rings (SSSR count). The van der Waals surface area contributed by atoms with Crippen LogP contribution in [-0.4, -0.2) is 48.6 Å². The third-order valence-electron chi connectivity index (χ3n) is 4.41. The molecule has 1 saturated carbocycles. The van der Waals surface area contributed by atoms with Gasteiger partial charge >= 0.3 is 0 Å². The van der Waals surface area contributed by atoms with Crippen LogP contribution in [0.15, 0.2) is 12.3 Å². The number of carbonyl (C=O) groups excluding carboxylic acids is 1. The van der Waals surface area contributed by atoms with Crippen molar-refractivity contribution < 1.29 is 9.53 Å². The van der Waals surface area contributed by atoms with Gasteiger partial charge in [-0.3, -0.25) is 9.78 Å². The fraction of sp³-hybridized carbons (Fsp3) is 0.571.